The van der Waals surface area contributed by atoms with Gasteiger partial charge >= 0.3 is 7.60 Å². The van der Waals surface area contributed by atoms with Gasteiger partial charge in [0.15, 0.2) is 6.35 Å². The first-order valence-corrected chi connectivity index (χ1v) is 12.3. The first kappa shape index (κ1) is 24.5. The molecule has 0 saturated heterocycles. The average molecular weight is 469 g/mol. The fraction of sp³-hybridized carbons (Fsp3) is 0.240. The number of aromatic hydroxyl groups is 1. The first-order chi connectivity index (χ1) is 15.6. The summed E-state index contributed by atoms with van der Waals surface area (Å²) in [5.74, 6) is 0.168. The van der Waals surface area contributed by atoms with Crippen molar-refractivity contribution in [3.63, 3.8) is 0 Å². The van der Waals surface area contributed by atoms with Crippen LogP contribution in [0.2, 0.25) is 0 Å². The number of rotatable bonds is 9. The van der Waals surface area contributed by atoms with E-state index in [9.17, 15) is 14.5 Å². The van der Waals surface area contributed by atoms with Crippen molar-refractivity contribution in [3.05, 3.63) is 94.0 Å². The molecule has 0 fully saturated rings. The Hall–Kier alpha value is -3.12. The predicted octanol–water partition coefficient (Wildman–Crippen LogP) is 4.09. The van der Waals surface area contributed by atoms with Crippen molar-refractivity contribution in [2.45, 2.75) is 26.7 Å². The van der Waals surface area contributed by atoms with E-state index < -0.39 is 13.9 Å². The summed E-state index contributed by atoms with van der Waals surface area (Å²) in [6, 6.07) is 18.2. The predicted molar refractivity (Wildman–Crippen MR) is 127 cm³/mol. The SMILES string of the molecule is Cc1cc(OCP(=O)(O)O)cc(C)c1Cc1ccc(C(=O)NCCc2ccccc2)cc1O. The highest BCUT2D eigenvalue weighted by molar-refractivity contribution is 7.51. The maximum absolute atomic E-state index is 12.4. The number of benzene rings is 3. The molecule has 0 aliphatic rings. The standard InChI is InChI=1S/C25H28NO6P/c1-17-12-22(32-16-33(29,30)31)13-18(2)23(17)14-20-8-9-21(15-24(20)27)25(28)26-11-10-19-6-4-3-5-7-19/h3-9,12-13,15,27H,10-11,14,16H2,1-2H3,(H,26,28)(H2,29,30,31). The molecule has 3 aromatic carbocycles. The topological polar surface area (TPSA) is 116 Å². The zero-order valence-electron chi connectivity index (χ0n) is 18.6. The van der Waals surface area contributed by atoms with Gasteiger partial charge in [-0.15, -0.1) is 0 Å². The molecule has 0 radical (unpaired) electrons. The van der Waals surface area contributed by atoms with Crippen molar-refractivity contribution >= 4 is 13.5 Å². The molecule has 0 spiro atoms. The summed E-state index contributed by atoms with van der Waals surface area (Å²) in [7, 11) is -4.26. The summed E-state index contributed by atoms with van der Waals surface area (Å²) in [6.45, 7) is 4.25. The Morgan fingerprint density at radius 3 is 2.27 bits per heavy atom. The third-order valence-electron chi connectivity index (χ3n) is 5.33. The Balaban J connectivity index is 1.65. The van der Waals surface area contributed by atoms with E-state index in [1.54, 1.807) is 24.3 Å². The molecule has 0 aliphatic carbocycles. The first-order valence-electron chi connectivity index (χ1n) is 10.5. The van der Waals surface area contributed by atoms with E-state index in [-0.39, 0.29) is 11.7 Å². The number of phenols is 1. The minimum absolute atomic E-state index is 0.0336. The minimum Gasteiger partial charge on any atom is -0.508 e. The molecule has 0 unspecified atom stereocenters. The van der Waals surface area contributed by atoms with Crippen molar-refractivity contribution in [1.82, 2.24) is 5.32 Å². The van der Waals surface area contributed by atoms with Crippen molar-refractivity contribution in [3.8, 4) is 11.5 Å². The van der Waals surface area contributed by atoms with Crippen LogP contribution in [0.1, 0.15) is 38.2 Å². The number of amides is 1. The van der Waals surface area contributed by atoms with Crippen LogP contribution in [0.4, 0.5) is 0 Å². The second-order valence-corrected chi connectivity index (χ2v) is 9.57. The zero-order valence-corrected chi connectivity index (χ0v) is 19.5. The van der Waals surface area contributed by atoms with Crippen LogP contribution in [0.25, 0.3) is 0 Å². The van der Waals surface area contributed by atoms with E-state index in [2.05, 4.69) is 5.32 Å². The van der Waals surface area contributed by atoms with E-state index in [0.717, 1.165) is 28.7 Å². The molecule has 4 N–H and O–H groups in total. The highest BCUT2D eigenvalue weighted by Crippen LogP contribution is 2.35. The fourth-order valence-electron chi connectivity index (χ4n) is 3.59. The van der Waals surface area contributed by atoms with Crippen LogP contribution < -0.4 is 10.1 Å². The van der Waals surface area contributed by atoms with Crippen LogP contribution in [0, 0.1) is 13.8 Å². The molecule has 0 bridgehead atoms. The molecule has 33 heavy (non-hydrogen) atoms. The number of aryl methyl sites for hydroxylation is 2. The highest BCUT2D eigenvalue weighted by atomic mass is 31.2. The van der Waals surface area contributed by atoms with E-state index in [1.807, 2.05) is 44.2 Å². The number of carbonyl (C=O) groups is 1. The monoisotopic (exact) mass is 469 g/mol. The van der Waals surface area contributed by atoms with Gasteiger partial charge in [-0.2, -0.15) is 0 Å². The van der Waals surface area contributed by atoms with Crippen molar-refractivity contribution in [1.29, 1.82) is 0 Å². The molecular weight excluding hydrogens is 441 g/mol. The number of hydrogen-bond acceptors (Lipinski definition) is 4. The van der Waals surface area contributed by atoms with Gasteiger partial charge in [-0.1, -0.05) is 36.4 Å². The molecular formula is C25H28NO6P. The van der Waals surface area contributed by atoms with Gasteiger partial charge in [-0.25, -0.2) is 0 Å². The van der Waals surface area contributed by atoms with Gasteiger partial charge in [0.2, 0.25) is 0 Å². The second-order valence-electron chi connectivity index (χ2n) is 7.99. The molecule has 3 aromatic rings. The number of nitrogens with one attached hydrogen (secondary N) is 1. The normalized spacial score (nSPS) is 11.3. The molecule has 0 saturated carbocycles. The lowest BCUT2D eigenvalue weighted by atomic mass is 9.94. The van der Waals surface area contributed by atoms with Gasteiger partial charge in [0, 0.05) is 18.5 Å². The number of carbonyl (C=O) groups excluding carboxylic acids is 1. The second kappa shape index (κ2) is 10.7. The van der Waals surface area contributed by atoms with Gasteiger partial charge in [0.25, 0.3) is 5.91 Å². The Morgan fingerprint density at radius 1 is 1.00 bits per heavy atom. The van der Waals surface area contributed by atoms with E-state index >= 15 is 0 Å². The average Bonchev–Trinajstić information content (AvgIpc) is 2.76. The van der Waals surface area contributed by atoms with E-state index in [4.69, 9.17) is 14.5 Å². The van der Waals surface area contributed by atoms with Crippen molar-refractivity contribution in [2.75, 3.05) is 12.9 Å². The Kier molecular flexibility index (Phi) is 7.92. The minimum atomic E-state index is -4.26. The van der Waals surface area contributed by atoms with Crippen molar-refractivity contribution < 1.29 is 29.0 Å². The zero-order chi connectivity index (χ0) is 24.0. The maximum Gasteiger partial charge on any atom is 0.362 e. The van der Waals surface area contributed by atoms with E-state index in [1.165, 1.54) is 6.07 Å². The third-order valence-corrected chi connectivity index (χ3v) is 5.79. The van der Waals surface area contributed by atoms with Crippen LogP contribution in [-0.2, 0) is 17.4 Å². The van der Waals surface area contributed by atoms with E-state index in [0.29, 0.717) is 29.8 Å². The lowest BCUT2D eigenvalue weighted by molar-refractivity contribution is 0.0953. The van der Waals surface area contributed by atoms with Crippen LogP contribution >= 0.6 is 7.60 Å². The van der Waals surface area contributed by atoms with Crippen LogP contribution in [0.15, 0.2) is 60.7 Å². The summed E-state index contributed by atoms with van der Waals surface area (Å²) >= 11 is 0. The molecule has 0 heterocycles. The molecule has 0 aliphatic heterocycles. The highest BCUT2D eigenvalue weighted by Gasteiger charge is 2.16. The third kappa shape index (κ3) is 7.19. The Labute approximate surface area is 193 Å². The number of ether oxygens (including phenoxy) is 1. The van der Waals surface area contributed by atoms with Gasteiger partial charge in [-0.05, 0) is 72.4 Å². The Bertz CT molecular complexity index is 1150. The number of hydrogen-bond donors (Lipinski definition) is 4. The smallest absolute Gasteiger partial charge is 0.362 e. The molecule has 8 heteroatoms. The number of phenolic OH excluding ortho intramolecular Hbond substituents is 1. The summed E-state index contributed by atoms with van der Waals surface area (Å²) in [4.78, 5) is 30.4. The molecule has 1 amide bonds. The molecule has 0 atom stereocenters. The molecule has 174 valence electrons. The lowest BCUT2D eigenvalue weighted by Gasteiger charge is -2.15. The summed E-state index contributed by atoms with van der Waals surface area (Å²) in [5.41, 5.74) is 4.91. The lowest BCUT2D eigenvalue weighted by Crippen LogP contribution is -2.25. The fourth-order valence-corrected chi connectivity index (χ4v) is 3.90. The van der Waals surface area contributed by atoms with Gasteiger partial charge in [0.1, 0.15) is 11.5 Å². The van der Waals surface area contributed by atoms with Gasteiger partial charge in [0.05, 0.1) is 0 Å². The molecule has 0 aromatic heterocycles. The molecule has 7 nitrogen and oxygen atoms in total. The van der Waals surface area contributed by atoms with Crippen LogP contribution in [-0.4, -0.2) is 33.7 Å². The van der Waals surface area contributed by atoms with Gasteiger partial charge in [-0.3, -0.25) is 9.36 Å². The van der Waals surface area contributed by atoms with Gasteiger partial charge < -0.3 is 24.9 Å². The summed E-state index contributed by atoms with van der Waals surface area (Å²) in [5, 5.41) is 13.4. The maximum atomic E-state index is 12.4. The Morgan fingerprint density at radius 2 is 1.67 bits per heavy atom. The largest absolute Gasteiger partial charge is 0.508 e. The van der Waals surface area contributed by atoms with Crippen molar-refractivity contribution in [2.24, 2.45) is 0 Å². The summed E-state index contributed by atoms with van der Waals surface area (Å²) in [6.07, 6.45) is 0.488. The molecule has 3 rings (SSSR count). The van der Waals surface area contributed by atoms with Crippen LogP contribution in [0.5, 0.6) is 11.5 Å². The van der Waals surface area contributed by atoms with Crippen LogP contribution in [0.3, 0.4) is 0 Å². The quantitative estimate of drug-likeness (QED) is 0.351. The summed E-state index contributed by atoms with van der Waals surface area (Å²) < 4.78 is 16.2.